The number of carbonyl (C=O) groups excluding carboxylic acids is 1. The van der Waals surface area contributed by atoms with E-state index in [2.05, 4.69) is 52.5 Å². The molecule has 4 rings (SSSR count). The Kier molecular flexibility index (Phi) is 4.63. The Morgan fingerprint density at radius 2 is 2.00 bits per heavy atom. The van der Waals surface area contributed by atoms with Gasteiger partial charge in [0, 0.05) is 6.20 Å². The number of cyclic esters (lactones) is 1. The van der Waals surface area contributed by atoms with Crippen LogP contribution in [0.1, 0.15) is 38.8 Å². The number of carbonyl (C=O) groups is 1. The van der Waals surface area contributed by atoms with Crippen LogP contribution in [0.3, 0.4) is 0 Å². The second kappa shape index (κ2) is 7.11. The van der Waals surface area contributed by atoms with Crippen molar-refractivity contribution in [3.05, 3.63) is 60.3 Å². The molecule has 3 aromatic rings. The van der Waals surface area contributed by atoms with E-state index in [4.69, 9.17) is 4.74 Å². The highest BCUT2D eigenvalue weighted by atomic mass is 16.6. The SMILES string of the molecule is CCC1(C)COC(=O)N1c1ccnc(NC(C)c2ccc3ccccc3c2)n1. The molecule has 0 spiro atoms. The van der Waals surface area contributed by atoms with Gasteiger partial charge in [0.25, 0.3) is 0 Å². The lowest BCUT2D eigenvalue weighted by atomic mass is 9.99. The maximum absolute atomic E-state index is 12.3. The minimum absolute atomic E-state index is 0.0166. The zero-order valence-electron chi connectivity index (χ0n) is 16.3. The summed E-state index contributed by atoms with van der Waals surface area (Å²) in [5.41, 5.74) is 0.749. The summed E-state index contributed by atoms with van der Waals surface area (Å²) in [6.45, 7) is 6.48. The molecule has 1 aliphatic heterocycles. The van der Waals surface area contributed by atoms with E-state index < -0.39 is 5.54 Å². The maximum atomic E-state index is 12.3. The number of nitrogens with one attached hydrogen (secondary N) is 1. The highest BCUT2D eigenvalue weighted by molar-refractivity contribution is 5.90. The van der Waals surface area contributed by atoms with Crippen LogP contribution in [0.4, 0.5) is 16.6 Å². The monoisotopic (exact) mass is 376 g/mol. The van der Waals surface area contributed by atoms with E-state index in [0.29, 0.717) is 18.4 Å². The summed E-state index contributed by atoms with van der Waals surface area (Å²) < 4.78 is 5.26. The van der Waals surface area contributed by atoms with Crippen molar-refractivity contribution in [2.75, 3.05) is 16.8 Å². The fourth-order valence-electron chi connectivity index (χ4n) is 3.49. The number of nitrogens with zero attached hydrogens (tertiary/aromatic N) is 3. The van der Waals surface area contributed by atoms with Gasteiger partial charge in [-0.1, -0.05) is 43.3 Å². The van der Waals surface area contributed by atoms with Crippen LogP contribution in [0.15, 0.2) is 54.7 Å². The molecule has 2 aromatic carbocycles. The Bertz CT molecular complexity index is 1020. The van der Waals surface area contributed by atoms with Gasteiger partial charge in [-0.2, -0.15) is 4.98 Å². The van der Waals surface area contributed by atoms with Crippen LogP contribution in [0.25, 0.3) is 10.8 Å². The lowest BCUT2D eigenvalue weighted by Crippen LogP contribution is -2.44. The molecule has 0 saturated carbocycles. The average Bonchev–Trinajstić information content (AvgIpc) is 3.02. The van der Waals surface area contributed by atoms with E-state index in [0.717, 1.165) is 12.0 Å². The van der Waals surface area contributed by atoms with Gasteiger partial charge in [0.2, 0.25) is 5.95 Å². The van der Waals surface area contributed by atoms with Crippen molar-refractivity contribution in [1.82, 2.24) is 9.97 Å². The molecule has 1 fully saturated rings. The lowest BCUT2D eigenvalue weighted by Gasteiger charge is -2.29. The molecule has 2 heterocycles. The number of fused-ring (bicyclic) bond motifs is 1. The molecule has 1 aliphatic rings. The second-order valence-corrected chi connectivity index (χ2v) is 7.45. The first-order valence-corrected chi connectivity index (χ1v) is 9.55. The van der Waals surface area contributed by atoms with Crippen molar-refractivity contribution in [2.45, 2.75) is 38.8 Å². The van der Waals surface area contributed by atoms with Crippen LogP contribution in [0, 0.1) is 0 Å². The molecule has 1 amide bonds. The highest BCUT2D eigenvalue weighted by Crippen LogP contribution is 2.32. The summed E-state index contributed by atoms with van der Waals surface area (Å²) in [6, 6.07) is 16.4. The van der Waals surface area contributed by atoms with Gasteiger partial charge >= 0.3 is 6.09 Å². The number of benzene rings is 2. The third kappa shape index (κ3) is 3.26. The third-order valence-electron chi connectivity index (χ3n) is 5.48. The van der Waals surface area contributed by atoms with Crippen molar-refractivity contribution in [3.63, 3.8) is 0 Å². The maximum Gasteiger partial charge on any atom is 0.416 e. The van der Waals surface area contributed by atoms with Crippen LogP contribution >= 0.6 is 0 Å². The molecule has 0 radical (unpaired) electrons. The molecule has 0 bridgehead atoms. The highest BCUT2D eigenvalue weighted by Gasteiger charge is 2.44. The van der Waals surface area contributed by atoms with Crippen molar-refractivity contribution < 1.29 is 9.53 Å². The summed E-state index contributed by atoms with van der Waals surface area (Å²) in [4.78, 5) is 22.8. The fraction of sp³-hybridized carbons (Fsp3) is 0.318. The first-order chi connectivity index (χ1) is 13.5. The summed E-state index contributed by atoms with van der Waals surface area (Å²) in [6.07, 6.45) is 2.08. The van der Waals surface area contributed by atoms with E-state index in [1.165, 1.54) is 10.8 Å². The molecule has 2 unspecified atom stereocenters. The number of anilines is 2. The van der Waals surface area contributed by atoms with Crippen LogP contribution in [-0.2, 0) is 4.74 Å². The quantitative estimate of drug-likeness (QED) is 0.684. The molecule has 6 nitrogen and oxygen atoms in total. The van der Waals surface area contributed by atoms with Gasteiger partial charge in [-0.25, -0.2) is 9.78 Å². The van der Waals surface area contributed by atoms with Crippen molar-refractivity contribution in [1.29, 1.82) is 0 Å². The summed E-state index contributed by atoms with van der Waals surface area (Å²) in [5.74, 6) is 1.03. The molecule has 1 saturated heterocycles. The van der Waals surface area contributed by atoms with Crippen LogP contribution in [0.5, 0.6) is 0 Å². The Morgan fingerprint density at radius 1 is 1.21 bits per heavy atom. The van der Waals surface area contributed by atoms with Gasteiger partial charge < -0.3 is 10.1 Å². The minimum atomic E-state index is -0.396. The summed E-state index contributed by atoms with van der Waals surface area (Å²) >= 11 is 0. The molecule has 0 aliphatic carbocycles. The Hall–Kier alpha value is -3.15. The van der Waals surface area contributed by atoms with E-state index >= 15 is 0 Å². The molecule has 28 heavy (non-hydrogen) atoms. The van der Waals surface area contributed by atoms with Crippen LogP contribution in [-0.4, -0.2) is 28.2 Å². The number of aromatic nitrogens is 2. The second-order valence-electron chi connectivity index (χ2n) is 7.45. The zero-order chi connectivity index (χ0) is 19.7. The number of ether oxygens (including phenoxy) is 1. The minimum Gasteiger partial charge on any atom is -0.447 e. The topological polar surface area (TPSA) is 67.3 Å². The standard InChI is InChI=1S/C22H24N4O2/c1-4-22(3)14-28-21(27)26(22)19-11-12-23-20(25-19)24-15(2)17-10-9-16-7-5-6-8-18(16)13-17/h5-13,15H,4,14H2,1-3H3,(H,23,24,25). The first-order valence-electron chi connectivity index (χ1n) is 9.55. The summed E-state index contributed by atoms with van der Waals surface area (Å²) in [5, 5.41) is 5.75. The normalized spacial score (nSPS) is 20.2. The predicted molar refractivity (Wildman–Crippen MR) is 111 cm³/mol. The molecule has 2 atom stereocenters. The van der Waals surface area contributed by atoms with E-state index in [1.54, 1.807) is 17.2 Å². The van der Waals surface area contributed by atoms with Crippen LogP contribution in [0.2, 0.25) is 0 Å². The first kappa shape index (κ1) is 18.2. The summed E-state index contributed by atoms with van der Waals surface area (Å²) in [7, 11) is 0. The third-order valence-corrected chi connectivity index (χ3v) is 5.48. The van der Waals surface area contributed by atoms with Crippen molar-refractivity contribution >= 4 is 28.6 Å². The molecular formula is C22H24N4O2. The van der Waals surface area contributed by atoms with Gasteiger partial charge in [-0.3, -0.25) is 4.90 Å². The van der Waals surface area contributed by atoms with Gasteiger partial charge in [0.05, 0.1) is 11.6 Å². The lowest BCUT2D eigenvalue weighted by molar-refractivity contribution is 0.173. The fourth-order valence-corrected chi connectivity index (χ4v) is 3.49. The largest absolute Gasteiger partial charge is 0.447 e. The zero-order valence-corrected chi connectivity index (χ0v) is 16.3. The predicted octanol–water partition coefficient (Wildman–Crippen LogP) is 4.93. The number of hydrogen-bond acceptors (Lipinski definition) is 5. The smallest absolute Gasteiger partial charge is 0.416 e. The van der Waals surface area contributed by atoms with E-state index in [9.17, 15) is 4.79 Å². The van der Waals surface area contributed by atoms with Crippen molar-refractivity contribution in [3.8, 4) is 0 Å². The van der Waals surface area contributed by atoms with E-state index in [-0.39, 0.29) is 12.1 Å². The number of hydrogen-bond donors (Lipinski definition) is 1. The van der Waals surface area contributed by atoms with Gasteiger partial charge in [-0.05, 0) is 48.7 Å². The average molecular weight is 376 g/mol. The van der Waals surface area contributed by atoms with Gasteiger partial charge in [0.1, 0.15) is 12.4 Å². The molecule has 1 aromatic heterocycles. The molecule has 6 heteroatoms. The molecule has 144 valence electrons. The number of amides is 1. The number of rotatable bonds is 5. The van der Waals surface area contributed by atoms with Crippen molar-refractivity contribution in [2.24, 2.45) is 0 Å². The van der Waals surface area contributed by atoms with Gasteiger partial charge in [0.15, 0.2) is 0 Å². The van der Waals surface area contributed by atoms with Crippen LogP contribution < -0.4 is 10.2 Å². The Labute approximate surface area is 164 Å². The molecular weight excluding hydrogens is 352 g/mol. The Morgan fingerprint density at radius 3 is 2.79 bits per heavy atom. The van der Waals surface area contributed by atoms with Gasteiger partial charge in [-0.15, -0.1) is 0 Å². The van der Waals surface area contributed by atoms with E-state index in [1.807, 2.05) is 26.0 Å². The Balaban J connectivity index is 1.58. The molecule has 1 N–H and O–H groups in total.